The van der Waals surface area contributed by atoms with E-state index in [1.807, 2.05) is 36.4 Å². The van der Waals surface area contributed by atoms with Gasteiger partial charge in [0.05, 0.1) is 18.1 Å². The van der Waals surface area contributed by atoms with Crippen molar-refractivity contribution in [1.82, 2.24) is 9.97 Å². The zero-order valence-corrected chi connectivity index (χ0v) is 16.3. The van der Waals surface area contributed by atoms with Crippen LogP contribution in [0.25, 0.3) is 11.3 Å². The Hall–Kier alpha value is -3.21. The van der Waals surface area contributed by atoms with E-state index in [2.05, 4.69) is 16.5 Å². The molecule has 3 aromatic rings. The van der Waals surface area contributed by atoms with E-state index in [1.165, 1.54) is 24.4 Å². The summed E-state index contributed by atoms with van der Waals surface area (Å²) >= 11 is 0. The van der Waals surface area contributed by atoms with E-state index in [1.54, 1.807) is 6.07 Å². The lowest BCUT2D eigenvalue weighted by Gasteiger charge is -2.28. The maximum absolute atomic E-state index is 15.5. The monoisotopic (exact) mass is 389 g/mol. The molecule has 4 rings (SSSR count). The molecule has 4 nitrogen and oxygen atoms in total. The maximum Gasteiger partial charge on any atom is 0.174 e. The molecule has 5 heteroatoms. The third-order valence-electron chi connectivity index (χ3n) is 5.41. The molecule has 1 heterocycles. The average molecular weight is 389 g/mol. The van der Waals surface area contributed by atoms with E-state index in [0.717, 1.165) is 30.4 Å². The SMILES string of the molecule is C=CCc1ccc(COc2c(C3CCC3)ccc(-c3cnc(N)cn3)c2F)cc1. The average Bonchev–Trinajstić information content (AvgIpc) is 2.69. The van der Waals surface area contributed by atoms with Crippen LogP contribution in [0.4, 0.5) is 10.2 Å². The zero-order valence-electron chi connectivity index (χ0n) is 16.3. The molecular formula is C24H24FN3O. The Morgan fingerprint density at radius 2 is 1.83 bits per heavy atom. The number of rotatable bonds is 7. The zero-order chi connectivity index (χ0) is 20.2. The lowest BCUT2D eigenvalue weighted by Crippen LogP contribution is -2.12. The summed E-state index contributed by atoms with van der Waals surface area (Å²) in [6.07, 6.45) is 8.91. The van der Waals surface area contributed by atoms with Crippen LogP contribution in [-0.2, 0) is 13.0 Å². The topological polar surface area (TPSA) is 61.0 Å². The Bertz CT molecular complexity index is 996. The molecule has 29 heavy (non-hydrogen) atoms. The van der Waals surface area contributed by atoms with Crippen molar-refractivity contribution in [3.05, 3.63) is 84.0 Å². The van der Waals surface area contributed by atoms with Crippen molar-refractivity contribution in [2.24, 2.45) is 0 Å². The van der Waals surface area contributed by atoms with Crippen LogP contribution in [0.5, 0.6) is 5.75 Å². The quantitative estimate of drug-likeness (QED) is 0.547. The van der Waals surface area contributed by atoms with E-state index in [0.29, 0.717) is 35.3 Å². The number of nitrogens with two attached hydrogens (primary N) is 1. The molecule has 0 spiro atoms. The predicted octanol–water partition coefficient (Wildman–Crippen LogP) is 5.44. The summed E-state index contributed by atoms with van der Waals surface area (Å²) in [6, 6.07) is 11.8. The summed E-state index contributed by atoms with van der Waals surface area (Å²) in [5, 5.41) is 0. The van der Waals surface area contributed by atoms with Gasteiger partial charge in [0.15, 0.2) is 11.6 Å². The third-order valence-corrected chi connectivity index (χ3v) is 5.41. The van der Waals surface area contributed by atoms with Crippen LogP contribution < -0.4 is 10.5 Å². The van der Waals surface area contributed by atoms with Crippen molar-refractivity contribution >= 4 is 5.82 Å². The second kappa shape index (κ2) is 8.43. The first-order chi connectivity index (χ1) is 14.2. The van der Waals surface area contributed by atoms with Crippen molar-refractivity contribution in [1.29, 1.82) is 0 Å². The normalized spacial score (nSPS) is 13.7. The third kappa shape index (κ3) is 4.14. The van der Waals surface area contributed by atoms with Gasteiger partial charge in [0.25, 0.3) is 0 Å². The first-order valence-corrected chi connectivity index (χ1v) is 9.87. The minimum Gasteiger partial charge on any atom is -0.486 e. The molecule has 1 aromatic heterocycles. The highest BCUT2D eigenvalue weighted by Gasteiger charge is 2.27. The van der Waals surface area contributed by atoms with Crippen molar-refractivity contribution in [3.63, 3.8) is 0 Å². The lowest BCUT2D eigenvalue weighted by molar-refractivity contribution is 0.278. The number of nitrogen functional groups attached to an aromatic ring is 1. The van der Waals surface area contributed by atoms with Crippen LogP contribution in [0.15, 0.2) is 61.4 Å². The number of hydrogen-bond acceptors (Lipinski definition) is 4. The predicted molar refractivity (Wildman–Crippen MR) is 113 cm³/mol. The Morgan fingerprint density at radius 1 is 1.07 bits per heavy atom. The second-order valence-corrected chi connectivity index (χ2v) is 7.40. The molecule has 0 saturated heterocycles. The summed E-state index contributed by atoms with van der Waals surface area (Å²) in [7, 11) is 0. The van der Waals surface area contributed by atoms with Gasteiger partial charge in [-0.15, -0.1) is 6.58 Å². The number of aromatic nitrogens is 2. The molecule has 1 aliphatic carbocycles. The van der Waals surface area contributed by atoms with Crippen LogP contribution in [0.3, 0.4) is 0 Å². The number of allylic oxidation sites excluding steroid dienone is 1. The minimum atomic E-state index is -0.392. The van der Waals surface area contributed by atoms with Gasteiger partial charge >= 0.3 is 0 Å². The number of anilines is 1. The molecule has 0 unspecified atom stereocenters. The molecule has 148 valence electrons. The van der Waals surface area contributed by atoms with E-state index in [4.69, 9.17) is 10.5 Å². The van der Waals surface area contributed by atoms with Crippen LogP contribution in [0.1, 0.15) is 41.9 Å². The van der Waals surface area contributed by atoms with E-state index in [9.17, 15) is 0 Å². The number of benzene rings is 2. The van der Waals surface area contributed by atoms with E-state index < -0.39 is 5.82 Å². The number of ether oxygens (including phenoxy) is 1. The molecule has 2 aromatic carbocycles. The first kappa shape index (κ1) is 19.1. The Labute approximate surface area is 170 Å². The van der Waals surface area contributed by atoms with Crippen LogP contribution in [0.2, 0.25) is 0 Å². The summed E-state index contributed by atoms with van der Waals surface area (Å²) < 4.78 is 21.5. The number of halogens is 1. The Balaban J connectivity index is 1.63. The van der Waals surface area contributed by atoms with Gasteiger partial charge in [-0.3, -0.25) is 4.98 Å². The molecular weight excluding hydrogens is 365 g/mol. The lowest BCUT2D eigenvalue weighted by atomic mass is 9.79. The van der Waals surface area contributed by atoms with E-state index >= 15 is 4.39 Å². The number of nitrogens with zero attached hydrogens (tertiary/aromatic N) is 2. The van der Waals surface area contributed by atoms with Gasteiger partial charge in [0.2, 0.25) is 0 Å². The maximum atomic E-state index is 15.5. The van der Waals surface area contributed by atoms with Crippen LogP contribution in [-0.4, -0.2) is 9.97 Å². The standard InChI is InChI=1S/C24H24FN3O/c1-2-4-16-7-9-17(10-8-16)15-29-24-19(18-5-3-6-18)11-12-20(23(24)25)21-13-28-22(26)14-27-21/h2,7-14,18H,1,3-6,15H2,(H2,26,28). The summed E-state index contributed by atoms with van der Waals surface area (Å²) in [6.45, 7) is 4.07. The van der Waals surface area contributed by atoms with Crippen LogP contribution >= 0.6 is 0 Å². The van der Waals surface area contributed by atoms with Gasteiger partial charge in [-0.1, -0.05) is 42.8 Å². The smallest absolute Gasteiger partial charge is 0.174 e. The minimum absolute atomic E-state index is 0.302. The summed E-state index contributed by atoms with van der Waals surface area (Å²) in [4.78, 5) is 8.24. The fourth-order valence-corrected chi connectivity index (χ4v) is 3.53. The Kier molecular flexibility index (Phi) is 5.56. The molecule has 0 bridgehead atoms. The van der Waals surface area contributed by atoms with Gasteiger partial charge in [-0.05, 0) is 42.4 Å². The molecule has 0 aliphatic heterocycles. The number of hydrogen-bond donors (Lipinski definition) is 1. The van der Waals surface area contributed by atoms with E-state index in [-0.39, 0.29) is 0 Å². The van der Waals surface area contributed by atoms with Crippen LogP contribution in [0, 0.1) is 5.82 Å². The van der Waals surface area contributed by atoms with Gasteiger partial charge in [0, 0.05) is 11.1 Å². The largest absolute Gasteiger partial charge is 0.486 e. The van der Waals surface area contributed by atoms with Gasteiger partial charge < -0.3 is 10.5 Å². The highest BCUT2D eigenvalue weighted by atomic mass is 19.1. The van der Waals surface area contributed by atoms with Gasteiger partial charge in [0.1, 0.15) is 12.4 Å². The Morgan fingerprint density at radius 3 is 2.45 bits per heavy atom. The van der Waals surface area contributed by atoms with Crippen molar-refractivity contribution in [2.45, 2.75) is 38.2 Å². The second-order valence-electron chi connectivity index (χ2n) is 7.40. The summed E-state index contributed by atoms with van der Waals surface area (Å²) in [5.41, 5.74) is 9.54. The summed E-state index contributed by atoms with van der Waals surface area (Å²) in [5.74, 6) is 0.579. The molecule has 0 amide bonds. The first-order valence-electron chi connectivity index (χ1n) is 9.87. The fourth-order valence-electron chi connectivity index (χ4n) is 3.53. The fraction of sp³-hybridized carbons (Fsp3) is 0.250. The molecule has 0 atom stereocenters. The van der Waals surface area contributed by atoms with Gasteiger partial charge in [-0.25, -0.2) is 9.37 Å². The molecule has 2 N–H and O–H groups in total. The molecule has 1 fully saturated rings. The molecule has 1 aliphatic rings. The van der Waals surface area contributed by atoms with Crippen molar-refractivity contribution < 1.29 is 9.13 Å². The van der Waals surface area contributed by atoms with Gasteiger partial charge in [-0.2, -0.15) is 0 Å². The molecule has 0 radical (unpaired) electrons. The highest BCUT2D eigenvalue weighted by molar-refractivity contribution is 5.64. The highest BCUT2D eigenvalue weighted by Crippen LogP contribution is 2.44. The van der Waals surface area contributed by atoms with Crippen molar-refractivity contribution in [2.75, 3.05) is 5.73 Å². The molecule has 1 saturated carbocycles. The van der Waals surface area contributed by atoms with Crippen molar-refractivity contribution in [3.8, 4) is 17.0 Å².